The van der Waals surface area contributed by atoms with Gasteiger partial charge >= 0.3 is 0 Å². The molecule has 1 aliphatic rings. The monoisotopic (exact) mass is 257 g/mol. The molecule has 1 saturated heterocycles. The van der Waals surface area contributed by atoms with E-state index in [0.717, 1.165) is 36.6 Å². The van der Waals surface area contributed by atoms with Gasteiger partial charge < -0.3 is 15.0 Å². The van der Waals surface area contributed by atoms with Crippen LogP contribution in [0.4, 0.5) is 5.69 Å². The van der Waals surface area contributed by atoms with Crippen molar-refractivity contribution in [2.45, 2.75) is 19.4 Å². The Bertz CT molecular complexity index is 501. The maximum atomic E-state index is 5.43. The van der Waals surface area contributed by atoms with E-state index in [2.05, 4.69) is 46.5 Å². The van der Waals surface area contributed by atoms with Gasteiger partial charge in [0.15, 0.2) is 0 Å². The Morgan fingerprint density at radius 2 is 2.21 bits per heavy atom. The lowest BCUT2D eigenvalue weighted by atomic mass is 10.0. The van der Waals surface area contributed by atoms with Crippen molar-refractivity contribution >= 4 is 5.69 Å². The molecular formula is C15H19N3O. The van der Waals surface area contributed by atoms with Gasteiger partial charge in [0.25, 0.3) is 0 Å². The number of aromatic amines is 1. The van der Waals surface area contributed by atoms with E-state index in [1.165, 1.54) is 0 Å². The summed E-state index contributed by atoms with van der Waals surface area (Å²) in [5, 5.41) is 3.55. The molecule has 2 N–H and O–H groups in total. The normalized spacial score (nSPS) is 20.4. The number of hydrogen-bond acceptors (Lipinski definition) is 3. The number of rotatable bonds is 4. The molecule has 1 aromatic heterocycles. The van der Waals surface area contributed by atoms with Gasteiger partial charge in [0, 0.05) is 24.3 Å². The van der Waals surface area contributed by atoms with Crippen molar-refractivity contribution in [1.29, 1.82) is 0 Å². The summed E-state index contributed by atoms with van der Waals surface area (Å²) in [5.41, 5.74) is 3.35. The highest BCUT2D eigenvalue weighted by Gasteiger charge is 2.21. The third-order valence-corrected chi connectivity index (χ3v) is 3.76. The van der Waals surface area contributed by atoms with Crippen LogP contribution < -0.4 is 5.32 Å². The van der Waals surface area contributed by atoms with E-state index in [0.29, 0.717) is 12.0 Å². The van der Waals surface area contributed by atoms with Crippen molar-refractivity contribution in [3.8, 4) is 11.3 Å². The average molecular weight is 257 g/mol. The van der Waals surface area contributed by atoms with E-state index in [1.54, 1.807) is 6.33 Å². The zero-order chi connectivity index (χ0) is 13.1. The second-order valence-electron chi connectivity index (χ2n) is 5.10. The van der Waals surface area contributed by atoms with Crippen molar-refractivity contribution in [1.82, 2.24) is 9.97 Å². The van der Waals surface area contributed by atoms with Crippen molar-refractivity contribution in [3.63, 3.8) is 0 Å². The smallest absolute Gasteiger partial charge is 0.0924 e. The fourth-order valence-electron chi connectivity index (χ4n) is 2.49. The number of imidazole rings is 1. The highest BCUT2D eigenvalue weighted by atomic mass is 16.5. The maximum Gasteiger partial charge on any atom is 0.0924 e. The van der Waals surface area contributed by atoms with Crippen LogP contribution in [0.3, 0.4) is 0 Å². The molecular weight excluding hydrogens is 238 g/mol. The van der Waals surface area contributed by atoms with Gasteiger partial charge in [0.05, 0.1) is 24.8 Å². The Morgan fingerprint density at radius 1 is 1.37 bits per heavy atom. The molecule has 2 heterocycles. The minimum atomic E-state index is 0.445. The number of ether oxygens (including phenoxy) is 1. The second-order valence-corrected chi connectivity index (χ2v) is 5.10. The van der Waals surface area contributed by atoms with Crippen LogP contribution in [0.15, 0.2) is 36.8 Å². The first-order valence-corrected chi connectivity index (χ1v) is 6.76. The Hall–Kier alpha value is -1.81. The fraction of sp³-hybridized carbons (Fsp3) is 0.400. The molecule has 19 heavy (non-hydrogen) atoms. The van der Waals surface area contributed by atoms with Crippen LogP contribution in [0.1, 0.15) is 13.3 Å². The van der Waals surface area contributed by atoms with Gasteiger partial charge in [-0.1, -0.05) is 12.1 Å². The second kappa shape index (κ2) is 5.45. The quantitative estimate of drug-likeness (QED) is 0.885. The molecule has 0 amide bonds. The molecule has 0 saturated carbocycles. The Morgan fingerprint density at radius 3 is 2.84 bits per heavy atom. The summed E-state index contributed by atoms with van der Waals surface area (Å²) >= 11 is 0. The topological polar surface area (TPSA) is 49.9 Å². The molecule has 1 fully saturated rings. The minimum absolute atomic E-state index is 0.445. The van der Waals surface area contributed by atoms with Gasteiger partial charge in [-0.25, -0.2) is 4.98 Å². The van der Waals surface area contributed by atoms with Gasteiger partial charge in [-0.3, -0.25) is 0 Å². The third-order valence-electron chi connectivity index (χ3n) is 3.76. The summed E-state index contributed by atoms with van der Waals surface area (Å²) in [6.45, 7) is 4.00. The molecule has 2 unspecified atom stereocenters. The minimum Gasteiger partial charge on any atom is -0.382 e. The van der Waals surface area contributed by atoms with Crippen LogP contribution in [0.2, 0.25) is 0 Å². The molecule has 0 spiro atoms. The van der Waals surface area contributed by atoms with Crippen LogP contribution in [-0.4, -0.2) is 29.2 Å². The van der Waals surface area contributed by atoms with E-state index in [1.807, 2.05) is 6.20 Å². The number of anilines is 1. The number of H-pyrrole nitrogens is 1. The lowest BCUT2D eigenvalue weighted by Crippen LogP contribution is -2.25. The standard InChI is InChI=1S/C15H19N3O/c1-11(13-6-7-19-9-13)18-14-4-2-12(3-5-14)15-8-16-10-17-15/h2-5,8,10-11,13,18H,6-7,9H2,1H3,(H,16,17). The van der Waals surface area contributed by atoms with E-state index in [-0.39, 0.29) is 0 Å². The highest BCUT2D eigenvalue weighted by Crippen LogP contribution is 2.22. The SMILES string of the molecule is CC(Nc1ccc(-c2cnc[nH]2)cc1)C1CCOC1. The largest absolute Gasteiger partial charge is 0.382 e. The van der Waals surface area contributed by atoms with E-state index in [9.17, 15) is 0 Å². The highest BCUT2D eigenvalue weighted by molar-refractivity contribution is 5.62. The van der Waals surface area contributed by atoms with Crippen LogP contribution in [-0.2, 0) is 4.74 Å². The van der Waals surface area contributed by atoms with Gasteiger partial charge in [0.1, 0.15) is 0 Å². The lowest BCUT2D eigenvalue weighted by molar-refractivity contribution is 0.183. The summed E-state index contributed by atoms with van der Waals surface area (Å²) in [6, 6.07) is 8.88. The van der Waals surface area contributed by atoms with Crippen molar-refractivity contribution in [2.24, 2.45) is 5.92 Å². The summed E-state index contributed by atoms with van der Waals surface area (Å²) < 4.78 is 5.43. The number of aromatic nitrogens is 2. The van der Waals surface area contributed by atoms with Gasteiger partial charge in [0.2, 0.25) is 0 Å². The van der Waals surface area contributed by atoms with Crippen LogP contribution in [0, 0.1) is 5.92 Å². The van der Waals surface area contributed by atoms with Crippen molar-refractivity contribution in [3.05, 3.63) is 36.8 Å². The number of nitrogens with zero attached hydrogens (tertiary/aromatic N) is 1. The summed E-state index contributed by atoms with van der Waals surface area (Å²) in [4.78, 5) is 7.15. The molecule has 2 atom stereocenters. The average Bonchev–Trinajstić information content (AvgIpc) is 3.13. The van der Waals surface area contributed by atoms with Gasteiger partial charge in [-0.05, 0) is 31.0 Å². The number of benzene rings is 1. The molecule has 3 rings (SSSR count). The van der Waals surface area contributed by atoms with Crippen molar-refractivity contribution in [2.75, 3.05) is 18.5 Å². The first-order valence-electron chi connectivity index (χ1n) is 6.76. The first kappa shape index (κ1) is 12.2. The fourth-order valence-corrected chi connectivity index (χ4v) is 2.49. The molecule has 0 bridgehead atoms. The molecule has 100 valence electrons. The third kappa shape index (κ3) is 2.79. The van der Waals surface area contributed by atoms with E-state index < -0.39 is 0 Å². The molecule has 2 aromatic rings. The molecule has 0 aliphatic carbocycles. The Balaban J connectivity index is 1.65. The Labute approximate surface area is 113 Å². The maximum absolute atomic E-state index is 5.43. The predicted octanol–water partition coefficient (Wildman–Crippen LogP) is 2.91. The Kier molecular flexibility index (Phi) is 3.51. The van der Waals surface area contributed by atoms with Gasteiger partial charge in [-0.2, -0.15) is 0 Å². The zero-order valence-corrected chi connectivity index (χ0v) is 11.1. The van der Waals surface area contributed by atoms with E-state index in [4.69, 9.17) is 4.74 Å². The first-order chi connectivity index (χ1) is 9.33. The number of nitrogens with one attached hydrogen (secondary N) is 2. The number of hydrogen-bond donors (Lipinski definition) is 2. The molecule has 1 aliphatic heterocycles. The van der Waals surface area contributed by atoms with Crippen LogP contribution in [0.5, 0.6) is 0 Å². The predicted molar refractivity (Wildman–Crippen MR) is 76.0 cm³/mol. The molecule has 1 aromatic carbocycles. The summed E-state index contributed by atoms with van der Waals surface area (Å²) in [5.74, 6) is 0.618. The van der Waals surface area contributed by atoms with E-state index >= 15 is 0 Å². The summed E-state index contributed by atoms with van der Waals surface area (Å²) in [6.07, 6.45) is 4.69. The van der Waals surface area contributed by atoms with Crippen LogP contribution >= 0.6 is 0 Å². The molecule has 0 radical (unpaired) electrons. The molecule has 4 nitrogen and oxygen atoms in total. The van der Waals surface area contributed by atoms with Crippen molar-refractivity contribution < 1.29 is 4.74 Å². The lowest BCUT2D eigenvalue weighted by Gasteiger charge is -2.20. The zero-order valence-electron chi connectivity index (χ0n) is 11.1. The molecule has 4 heteroatoms. The summed E-state index contributed by atoms with van der Waals surface area (Å²) in [7, 11) is 0. The van der Waals surface area contributed by atoms with Gasteiger partial charge in [-0.15, -0.1) is 0 Å². The van der Waals surface area contributed by atoms with Crippen LogP contribution in [0.25, 0.3) is 11.3 Å².